The molecule has 0 unspecified atom stereocenters. The van der Waals surface area contributed by atoms with Crippen LogP contribution in [0, 0.1) is 0 Å². The minimum Gasteiger partial charge on any atom is -0.346 e. The average Bonchev–Trinajstić information content (AvgIpc) is 3.51. The van der Waals surface area contributed by atoms with Crippen LogP contribution in [0.15, 0.2) is 51.7 Å². The molecule has 0 atom stereocenters. The van der Waals surface area contributed by atoms with Crippen molar-refractivity contribution in [1.29, 1.82) is 0 Å². The molecule has 1 amide bonds. The summed E-state index contributed by atoms with van der Waals surface area (Å²) in [5.41, 5.74) is 0.803. The zero-order chi connectivity index (χ0) is 20.1. The van der Waals surface area contributed by atoms with Gasteiger partial charge in [0.05, 0.1) is 17.2 Å². The van der Waals surface area contributed by atoms with Crippen LogP contribution in [-0.2, 0) is 17.9 Å². The number of thioether (sulfide) groups is 1. The molecule has 0 fully saturated rings. The van der Waals surface area contributed by atoms with Gasteiger partial charge in [-0.1, -0.05) is 23.0 Å². The van der Waals surface area contributed by atoms with Crippen molar-refractivity contribution in [3.05, 3.63) is 47.9 Å². The molecule has 4 heterocycles. The third-order valence-electron chi connectivity index (χ3n) is 3.95. The molecular weight excluding hydrogens is 410 g/mol. The Morgan fingerprint density at radius 1 is 1.28 bits per heavy atom. The Kier molecular flexibility index (Phi) is 5.96. The van der Waals surface area contributed by atoms with Crippen LogP contribution in [0.25, 0.3) is 22.1 Å². The first kappa shape index (κ1) is 19.3. The van der Waals surface area contributed by atoms with Gasteiger partial charge in [0.15, 0.2) is 11.0 Å². The summed E-state index contributed by atoms with van der Waals surface area (Å²) >= 11 is 2.95. The molecule has 1 N–H and O–H groups in total. The molecule has 29 heavy (non-hydrogen) atoms. The molecule has 0 aromatic carbocycles. The van der Waals surface area contributed by atoms with Gasteiger partial charge in [-0.15, -0.1) is 21.5 Å². The Morgan fingerprint density at radius 3 is 2.90 bits per heavy atom. The van der Waals surface area contributed by atoms with E-state index in [1.54, 1.807) is 35.9 Å². The van der Waals surface area contributed by atoms with Gasteiger partial charge in [0, 0.05) is 24.5 Å². The van der Waals surface area contributed by atoms with Crippen molar-refractivity contribution in [2.24, 2.45) is 0 Å². The molecule has 0 aliphatic carbocycles. The Bertz CT molecular complexity index is 1080. The van der Waals surface area contributed by atoms with Gasteiger partial charge in [0.1, 0.15) is 0 Å². The van der Waals surface area contributed by atoms with Crippen molar-refractivity contribution >= 4 is 29.0 Å². The lowest BCUT2D eigenvalue weighted by Crippen LogP contribution is -2.24. The molecule has 0 spiro atoms. The zero-order valence-electron chi connectivity index (χ0n) is 15.5. The number of hydrogen-bond acceptors (Lipinski definition) is 9. The maximum Gasteiger partial charge on any atom is 0.246 e. The minimum absolute atomic E-state index is 0.151. The molecule has 11 heteroatoms. The van der Waals surface area contributed by atoms with Gasteiger partial charge in [-0.2, -0.15) is 4.98 Å². The van der Waals surface area contributed by atoms with E-state index in [2.05, 4.69) is 30.6 Å². The summed E-state index contributed by atoms with van der Waals surface area (Å²) < 4.78 is 7.19. The quantitative estimate of drug-likeness (QED) is 0.427. The van der Waals surface area contributed by atoms with Crippen LogP contribution in [0.3, 0.4) is 0 Å². The van der Waals surface area contributed by atoms with Crippen molar-refractivity contribution < 1.29 is 9.32 Å². The van der Waals surface area contributed by atoms with Gasteiger partial charge < -0.3 is 14.4 Å². The van der Waals surface area contributed by atoms with Crippen molar-refractivity contribution in [3.8, 4) is 22.1 Å². The van der Waals surface area contributed by atoms with Crippen LogP contribution in [0.1, 0.15) is 12.8 Å². The number of carbonyl (C=O) groups is 1. The summed E-state index contributed by atoms with van der Waals surface area (Å²) in [7, 11) is 0. The van der Waals surface area contributed by atoms with E-state index in [0.29, 0.717) is 16.9 Å². The van der Waals surface area contributed by atoms with E-state index < -0.39 is 0 Å². The molecule has 0 saturated heterocycles. The smallest absolute Gasteiger partial charge is 0.246 e. The summed E-state index contributed by atoms with van der Waals surface area (Å²) in [6.45, 7) is 2.92. The van der Waals surface area contributed by atoms with Crippen LogP contribution < -0.4 is 5.32 Å². The molecule has 148 valence electrons. The number of nitrogens with zero attached hydrogens (tertiary/aromatic N) is 6. The number of rotatable bonds is 8. The highest BCUT2D eigenvalue weighted by Gasteiger charge is 2.15. The number of nitrogens with one attached hydrogen (secondary N) is 1. The molecule has 4 rings (SSSR count). The first-order chi connectivity index (χ1) is 14.2. The molecule has 0 aliphatic heterocycles. The number of thiophene rings is 1. The normalized spacial score (nSPS) is 10.9. The fourth-order valence-electron chi connectivity index (χ4n) is 2.57. The van der Waals surface area contributed by atoms with E-state index >= 15 is 0 Å². The lowest BCUT2D eigenvalue weighted by Gasteiger charge is -2.06. The van der Waals surface area contributed by atoms with Gasteiger partial charge in [0.25, 0.3) is 0 Å². The Morgan fingerprint density at radius 2 is 2.14 bits per heavy atom. The predicted octanol–water partition coefficient (Wildman–Crippen LogP) is 2.88. The first-order valence-electron chi connectivity index (χ1n) is 8.84. The second kappa shape index (κ2) is 8.97. The third-order valence-corrected chi connectivity index (χ3v) is 5.78. The van der Waals surface area contributed by atoms with Gasteiger partial charge >= 0.3 is 0 Å². The maximum atomic E-state index is 12.2. The third kappa shape index (κ3) is 4.51. The van der Waals surface area contributed by atoms with Crippen molar-refractivity contribution in [2.75, 3.05) is 5.75 Å². The first-order valence-corrected chi connectivity index (χ1v) is 10.7. The lowest BCUT2D eigenvalue weighted by atomic mass is 10.2. The van der Waals surface area contributed by atoms with Gasteiger partial charge in [-0.3, -0.25) is 9.78 Å². The topological polar surface area (TPSA) is 112 Å². The number of aromatic nitrogens is 6. The molecule has 4 aromatic rings. The Hall–Kier alpha value is -3.05. The Balaban J connectivity index is 1.32. The van der Waals surface area contributed by atoms with Gasteiger partial charge in [0.2, 0.25) is 17.6 Å². The van der Waals surface area contributed by atoms with Crippen LogP contribution in [0.2, 0.25) is 0 Å². The molecular formula is C18H17N7O2S2. The van der Waals surface area contributed by atoms with E-state index in [4.69, 9.17) is 4.52 Å². The molecule has 4 aromatic heterocycles. The van der Waals surface area contributed by atoms with Crippen LogP contribution in [0.5, 0.6) is 0 Å². The van der Waals surface area contributed by atoms with Crippen LogP contribution in [0.4, 0.5) is 0 Å². The molecule has 0 saturated carbocycles. The molecule has 0 bridgehead atoms. The van der Waals surface area contributed by atoms with E-state index in [0.717, 1.165) is 22.8 Å². The number of amides is 1. The van der Waals surface area contributed by atoms with Gasteiger partial charge in [-0.25, -0.2) is 0 Å². The predicted molar refractivity (Wildman–Crippen MR) is 109 cm³/mol. The second-order valence-corrected chi connectivity index (χ2v) is 7.73. The summed E-state index contributed by atoms with van der Waals surface area (Å²) in [4.78, 5) is 21.5. The standard InChI is InChI=1S/C18H17N7O2S2/c1-2-25-17(13-4-3-9-28-13)22-23-18(25)29-11-14(26)20-10-15-21-16(24-27-15)12-5-7-19-8-6-12/h3-9H,2,10-11H2,1H3,(H,20,26). The number of hydrogen-bond donors (Lipinski definition) is 1. The van der Waals surface area contributed by atoms with Gasteiger partial charge in [-0.05, 0) is 30.5 Å². The summed E-state index contributed by atoms with van der Waals surface area (Å²) in [5, 5.41) is 17.9. The summed E-state index contributed by atoms with van der Waals surface area (Å²) in [6, 6.07) is 7.57. The van der Waals surface area contributed by atoms with Crippen LogP contribution >= 0.6 is 23.1 Å². The monoisotopic (exact) mass is 427 g/mol. The van der Waals surface area contributed by atoms with E-state index in [1.807, 2.05) is 29.0 Å². The number of carbonyl (C=O) groups excluding carboxylic acids is 1. The van der Waals surface area contributed by atoms with E-state index in [1.165, 1.54) is 11.8 Å². The largest absolute Gasteiger partial charge is 0.346 e. The highest BCUT2D eigenvalue weighted by Crippen LogP contribution is 2.27. The van der Waals surface area contributed by atoms with Crippen molar-refractivity contribution in [3.63, 3.8) is 0 Å². The number of pyridine rings is 1. The summed E-state index contributed by atoms with van der Waals surface area (Å²) in [6.07, 6.45) is 3.31. The lowest BCUT2D eigenvalue weighted by molar-refractivity contribution is -0.118. The zero-order valence-corrected chi connectivity index (χ0v) is 17.1. The van der Waals surface area contributed by atoms with Crippen molar-refractivity contribution in [1.82, 2.24) is 35.2 Å². The molecule has 9 nitrogen and oxygen atoms in total. The van der Waals surface area contributed by atoms with E-state index in [9.17, 15) is 4.79 Å². The fraction of sp³-hybridized carbons (Fsp3) is 0.222. The fourth-order valence-corrected chi connectivity index (χ4v) is 4.12. The maximum absolute atomic E-state index is 12.2. The van der Waals surface area contributed by atoms with E-state index in [-0.39, 0.29) is 18.2 Å². The second-order valence-electron chi connectivity index (χ2n) is 5.84. The molecule has 0 aliphatic rings. The summed E-state index contributed by atoms with van der Waals surface area (Å²) in [5.74, 6) is 1.69. The highest BCUT2D eigenvalue weighted by molar-refractivity contribution is 7.99. The Labute approximate surface area is 174 Å². The minimum atomic E-state index is -0.151. The highest BCUT2D eigenvalue weighted by atomic mass is 32.2. The van der Waals surface area contributed by atoms with Crippen LogP contribution in [-0.4, -0.2) is 41.5 Å². The van der Waals surface area contributed by atoms with Crippen molar-refractivity contribution in [2.45, 2.75) is 25.2 Å². The average molecular weight is 428 g/mol. The molecule has 0 radical (unpaired) electrons. The SMILES string of the molecule is CCn1c(SCC(=O)NCc2nc(-c3ccncc3)no2)nnc1-c1cccs1.